The number of carbonyl (C=O) groups excluding carboxylic acids is 1. The SMILES string of the molecule is C=CC(O)OC1Sc2ccc3ccccc3c2C1=O. The van der Waals surface area contributed by atoms with Crippen LogP contribution in [0.5, 0.6) is 0 Å². The van der Waals surface area contributed by atoms with Crippen molar-refractivity contribution in [3.8, 4) is 0 Å². The number of thioether (sulfide) groups is 1. The number of aliphatic hydroxyl groups is 1. The molecule has 2 aromatic carbocycles. The summed E-state index contributed by atoms with van der Waals surface area (Å²) in [5.74, 6) is -0.0994. The number of ether oxygens (including phenoxy) is 1. The smallest absolute Gasteiger partial charge is 0.204 e. The summed E-state index contributed by atoms with van der Waals surface area (Å²) in [5, 5.41) is 11.4. The monoisotopic (exact) mass is 272 g/mol. The molecular formula is C15H12O3S. The van der Waals surface area contributed by atoms with Crippen molar-refractivity contribution in [1.82, 2.24) is 0 Å². The van der Waals surface area contributed by atoms with Gasteiger partial charge in [0.05, 0.1) is 0 Å². The fourth-order valence-corrected chi connectivity index (χ4v) is 3.26. The zero-order valence-corrected chi connectivity index (χ0v) is 10.9. The molecule has 2 aromatic rings. The molecule has 1 heterocycles. The predicted octanol–water partition coefficient (Wildman–Crippen LogP) is 2.98. The Hall–Kier alpha value is -1.62. The topological polar surface area (TPSA) is 46.5 Å². The lowest BCUT2D eigenvalue weighted by atomic mass is 10.0. The van der Waals surface area contributed by atoms with Gasteiger partial charge >= 0.3 is 0 Å². The molecule has 2 unspecified atom stereocenters. The fourth-order valence-electron chi connectivity index (χ4n) is 2.16. The van der Waals surface area contributed by atoms with Gasteiger partial charge in [-0.1, -0.05) is 48.7 Å². The molecule has 0 saturated carbocycles. The average Bonchev–Trinajstić information content (AvgIpc) is 2.76. The van der Waals surface area contributed by atoms with Gasteiger partial charge in [0.2, 0.25) is 5.78 Å². The summed E-state index contributed by atoms with van der Waals surface area (Å²) in [6.45, 7) is 3.43. The number of carbonyl (C=O) groups is 1. The molecule has 0 spiro atoms. The third kappa shape index (κ3) is 2.08. The Morgan fingerprint density at radius 1 is 1.32 bits per heavy atom. The van der Waals surface area contributed by atoms with Gasteiger partial charge in [-0.05, 0) is 22.9 Å². The van der Waals surface area contributed by atoms with Gasteiger partial charge in [0, 0.05) is 10.5 Å². The van der Waals surface area contributed by atoms with Crippen LogP contribution in [0.4, 0.5) is 0 Å². The van der Waals surface area contributed by atoms with Crippen molar-refractivity contribution in [2.24, 2.45) is 0 Å². The molecule has 96 valence electrons. The standard InChI is InChI=1S/C15H12O3S/c1-2-12(16)18-15-14(17)13-10-6-4-3-5-9(10)7-8-11(13)19-15/h2-8,12,15-16H,1H2. The second kappa shape index (κ2) is 4.81. The molecule has 0 radical (unpaired) electrons. The zero-order valence-electron chi connectivity index (χ0n) is 10.1. The minimum Gasteiger partial charge on any atom is -0.365 e. The van der Waals surface area contributed by atoms with Crippen LogP contribution in [0.3, 0.4) is 0 Å². The highest BCUT2D eigenvalue weighted by Gasteiger charge is 2.34. The van der Waals surface area contributed by atoms with Gasteiger partial charge in [0.15, 0.2) is 11.7 Å². The molecule has 2 atom stereocenters. The van der Waals surface area contributed by atoms with E-state index in [0.717, 1.165) is 15.7 Å². The maximum atomic E-state index is 12.4. The number of rotatable bonds is 3. The van der Waals surface area contributed by atoms with E-state index in [1.165, 1.54) is 17.8 Å². The van der Waals surface area contributed by atoms with E-state index in [0.29, 0.717) is 5.56 Å². The number of ketones is 1. The van der Waals surface area contributed by atoms with Crippen LogP contribution < -0.4 is 0 Å². The number of fused-ring (bicyclic) bond motifs is 3. The Morgan fingerprint density at radius 3 is 2.89 bits per heavy atom. The molecule has 0 saturated heterocycles. The Morgan fingerprint density at radius 2 is 2.11 bits per heavy atom. The van der Waals surface area contributed by atoms with Crippen molar-refractivity contribution in [3.63, 3.8) is 0 Å². The summed E-state index contributed by atoms with van der Waals surface area (Å²) >= 11 is 1.32. The van der Waals surface area contributed by atoms with Gasteiger partial charge in [-0.25, -0.2) is 0 Å². The Kier molecular flexibility index (Phi) is 3.14. The van der Waals surface area contributed by atoms with Gasteiger partial charge in [0.1, 0.15) is 0 Å². The minimum absolute atomic E-state index is 0.0994. The third-order valence-electron chi connectivity index (χ3n) is 3.05. The van der Waals surface area contributed by atoms with Crippen molar-refractivity contribution < 1.29 is 14.6 Å². The summed E-state index contributed by atoms with van der Waals surface area (Å²) in [6.07, 6.45) is 0.136. The first-order valence-corrected chi connectivity index (χ1v) is 6.77. The molecule has 1 aliphatic rings. The molecule has 4 heteroatoms. The number of hydrogen-bond donors (Lipinski definition) is 1. The highest BCUT2D eigenvalue weighted by Crippen LogP contribution is 2.41. The van der Waals surface area contributed by atoms with Crippen molar-refractivity contribution in [1.29, 1.82) is 0 Å². The summed E-state index contributed by atoms with van der Waals surface area (Å²) in [7, 11) is 0. The molecule has 0 amide bonds. The number of Topliss-reactive ketones (excluding diaryl/α,β-unsaturated/α-hetero) is 1. The van der Waals surface area contributed by atoms with Gasteiger partial charge < -0.3 is 9.84 Å². The van der Waals surface area contributed by atoms with E-state index in [2.05, 4.69) is 6.58 Å². The quantitative estimate of drug-likeness (QED) is 0.689. The Labute approximate surface area is 114 Å². The maximum absolute atomic E-state index is 12.4. The summed E-state index contributed by atoms with van der Waals surface area (Å²) < 4.78 is 5.26. The molecule has 19 heavy (non-hydrogen) atoms. The predicted molar refractivity (Wildman–Crippen MR) is 75.2 cm³/mol. The maximum Gasteiger partial charge on any atom is 0.204 e. The fraction of sp³-hybridized carbons (Fsp3) is 0.133. The lowest BCUT2D eigenvalue weighted by molar-refractivity contribution is -0.0654. The number of hydrogen-bond acceptors (Lipinski definition) is 4. The van der Waals surface area contributed by atoms with Crippen LogP contribution in [0.25, 0.3) is 10.8 Å². The van der Waals surface area contributed by atoms with Crippen molar-refractivity contribution in [2.75, 3.05) is 0 Å². The van der Waals surface area contributed by atoms with Gasteiger partial charge in [0.25, 0.3) is 0 Å². The molecule has 3 rings (SSSR count). The van der Waals surface area contributed by atoms with Crippen molar-refractivity contribution >= 4 is 28.3 Å². The van der Waals surface area contributed by atoms with Crippen LogP contribution in [-0.2, 0) is 4.74 Å². The molecule has 1 N–H and O–H groups in total. The molecule has 0 aliphatic carbocycles. The van der Waals surface area contributed by atoms with Crippen LogP contribution >= 0.6 is 11.8 Å². The van der Waals surface area contributed by atoms with Gasteiger partial charge in [-0.3, -0.25) is 4.79 Å². The van der Waals surface area contributed by atoms with E-state index < -0.39 is 11.7 Å². The van der Waals surface area contributed by atoms with E-state index in [4.69, 9.17) is 4.74 Å². The first kappa shape index (κ1) is 12.4. The van der Waals surface area contributed by atoms with E-state index in [9.17, 15) is 9.90 Å². The minimum atomic E-state index is -1.12. The zero-order chi connectivity index (χ0) is 13.4. The molecule has 0 aromatic heterocycles. The van der Waals surface area contributed by atoms with Crippen molar-refractivity contribution in [2.45, 2.75) is 16.6 Å². The van der Waals surface area contributed by atoms with E-state index in [1.54, 1.807) is 0 Å². The molecule has 1 aliphatic heterocycles. The average molecular weight is 272 g/mol. The largest absolute Gasteiger partial charge is 0.365 e. The van der Waals surface area contributed by atoms with Crippen LogP contribution in [0, 0.1) is 0 Å². The summed E-state index contributed by atoms with van der Waals surface area (Å²) in [4.78, 5) is 13.3. The summed E-state index contributed by atoms with van der Waals surface area (Å²) in [6, 6.07) is 11.7. The second-order valence-corrected chi connectivity index (χ2v) is 5.34. The Balaban J connectivity index is 2.04. The normalized spacial score (nSPS) is 19.4. The van der Waals surface area contributed by atoms with E-state index in [-0.39, 0.29) is 5.78 Å². The van der Waals surface area contributed by atoms with E-state index >= 15 is 0 Å². The molecule has 0 bridgehead atoms. The lowest BCUT2D eigenvalue weighted by Crippen LogP contribution is -2.22. The van der Waals surface area contributed by atoms with Crippen molar-refractivity contribution in [3.05, 3.63) is 54.6 Å². The number of benzene rings is 2. The highest BCUT2D eigenvalue weighted by atomic mass is 32.2. The first-order chi connectivity index (χ1) is 9.20. The van der Waals surface area contributed by atoms with Crippen LogP contribution in [0.1, 0.15) is 10.4 Å². The Bertz CT molecular complexity index is 665. The lowest BCUT2D eigenvalue weighted by Gasteiger charge is -2.11. The van der Waals surface area contributed by atoms with Crippen LogP contribution in [0.15, 0.2) is 53.9 Å². The van der Waals surface area contributed by atoms with E-state index in [1.807, 2.05) is 36.4 Å². The third-order valence-corrected chi connectivity index (χ3v) is 4.18. The second-order valence-electron chi connectivity index (χ2n) is 4.24. The molecule has 3 nitrogen and oxygen atoms in total. The molecular weight excluding hydrogens is 260 g/mol. The molecule has 0 fully saturated rings. The number of aliphatic hydroxyl groups excluding tert-OH is 1. The first-order valence-electron chi connectivity index (χ1n) is 5.89. The highest BCUT2D eigenvalue weighted by molar-refractivity contribution is 8.01. The van der Waals surface area contributed by atoms with Crippen LogP contribution in [-0.4, -0.2) is 22.6 Å². The van der Waals surface area contributed by atoms with Crippen LogP contribution in [0.2, 0.25) is 0 Å². The van der Waals surface area contributed by atoms with Gasteiger partial charge in [-0.15, -0.1) is 0 Å². The summed E-state index contributed by atoms with van der Waals surface area (Å²) in [5.41, 5.74) is -0.0156. The van der Waals surface area contributed by atoms with Gasteiger partial charge in [-0.2, -0.15) is 0 Å².